The lowest BCUT2D eigenvalue weighted by Crippen LogP contribution is -2.25. The number of halogens is 1. The van der Waals surface area contributed by atoms with E-state index >= 15 is 0 Å². The number of ketones is 1. The van der Waals surface area contributed by atoms with Gasteiger partial charge in [0.25, 0.3) is 11.6 Å². The highest BCUT2D eigenvalue weighted by atomic mass is 19.1. The molecule has 0 fully saturated rings. The molecule has 0 atom stereocenters. The maximum absolute atomic E-state index is 12.7. The molecule has 0 saturated carbocycles. The SMILES string of the molecule is CC(C)(C)OC(=O)OC1=CC=C(F)[C+]=CC1=O. The zero-order valence-electron chi connectivity index (χ0n) is 9.74. The van der Waals surface area contributed by atoms with E-state index < -0.39 is 23.4 Å². The van der Waals surface area contributed by atoms with Gasteiger partial charge < -0.3 is 9.47 Å². The molecule has 0 radical (unpaired) electrons. The van der Waals surface area contributed by atoms with Crippen LogP contribution in [0.15, 0.2) is 29.8 Å². The third kappa shape index (κ3) is 4.57. The van der Waals surface area contributed by atoms with Crippen molar-refractivity contribution in [3.05, 3.63) is 35.9 Å². The van der Waals surface area contributed by atoms with Crippen LogP contribution in [0.4, 0.5) is 9.18 Å². The number of carbonyl (C=O) groups excluding carboxylic acids is 2. The van der Waals surface area contributed by atoms with Crippen molar-refractivity contribution in [1.29, 1.82) is 0 Å². The zero-order valence-corrected chi connectivity index (χ0v) is 9.74. The van der Waals surface area contributed by atoms with Crippen LogP contribution in [0.2, 0.25) is 0 Å². The molecule has 1 aliphatic rings. The highest BCUT2D eigenvalue weighted by Gasteiger charge is 2.25. The van der Waals surface area contributed by atoms with E-state index in [2.05, 4.69) is 10.8 Å². The Bertz CT molecular complexity index is 424. The molecule has 17 heavy (non-hydrogen) atoms. The van der Waals surface area contributed by atoms with Crippen molar-refractivity contribution in [3.63, 3.8) is 0 Å². The van der Waals surface area contributed by atoms with Crippen LogP contribution in [0.1, 0.15) is 20.8 Å². The largest absolute Gasteiger partial charge is 0.515 e. The molecular weight excluding hydrogens is 227 g/mol. The van der Waals surface area contributed by atoms with E-state index in [1.807, 2.05) is 0 Å². The number of rotatable bonds is 1. The molecule has 0 heterocycles. The monoisotopic (exact) mass is 239 g/mol. The van der Waals surface area contributed by atoms with Gasteiger partial charge in [0.05, 0.1) is 18.2 Å². The van der Waals surface area contributed by atoms with E-state index in [0.29, 0.717) is 0 Å². The predicted octanol–water partition coefficient (Wildman–Crippen LogP) is 2.62. The minimum Gasteiger partial charge on any atom is -0.428 e. The molecule has 90 valence electrons. The highest BCUT2D eigenvalue weighted by Crippen LogP contribution is 2.14. The topological polar surface area (TPSA) is 52.6 Å². The van der Waals surface area contributed by atoms with Gasteiger partial charge in [0.15, 0.2) is 6.08 Å². The Morgan fingerprint density at radius 2 is 2.00 bits per heavy atom. The summed E-state index contributed by atoms with van der Waals surface area (Å²) < 4.78 is 22.3. The number of carbonyl (C=O) groups is 2. The Balaban J connectivity index is 2.72. The molecule has 0 aromatic carbocycles. The van der Waals surface area contributed by atoms with Gasteiger partial charge in [-0.3, -0.25) is 0 Å². The van der Waals surface area contributed by atoms with Gasteiger partial charge in [-0.05, 0) is 20.8 Å². The molecule has 1 rings (SSSR count). The number of hydrogen-bond donors (Lipinski definition) is 0. The Morgan fingerprint density at radius 1 is 1.35 bits per heavy atom. The lowest BCUT2D eigenvalue weighted by atomic mass is 10.2. The summed E-state index contributed by atoms with van der Waals surface area (Å²) >= 11 is 0. The maximum Gasteiger partial charge on any atom is 0.515 e. The van der Waals surface area contributed by atoms with E-state index in [0.717, 1.165) is 18.2 Å². The molecule has 0 amide bonds. The quantitative estimate of drug-likeness (QED) is 0.521. The van der Waals surface area contributed by atoms with Gasteiger partial charge in [0, 0.05) is 0 Å². The van der Waals surface area contributed by atoms with Crippen molar-refractivity contribution in [2.24, 2.45) is 0 Å². The molecule has 1 aliphatic carbocycles. The molecule has 4 nitrogen and oxygen atoms in total. The standard InChI is InChI=1S/C12H12FO4/c1-12(2,3)17-11(15)16-10-7-5-8(13)4-6-9(10)14/h5-7H,1-3H3/q+1. The van der Waals surface area contributed by atoms with E-state index in [4.69, 9.17) is 4.74 Å². The van der Waals surface area contributed by atoms with E-state index in [9.17, 15) is 14.0 Å². The third-order valence-corrected chi connectivity index (χ3v) is 1.55. The smallest absolute Gasteiger partial charge is 0.428 e. The van der Waals surface area contributed by atoms with Crippen LogP contribution < -0.4 is 0 Å². The van der Waals surface area contributed by atoms with Crippen LogP contribution in [0, 0.1) is 6.08 Å². The van der Waals surface area contributed by atoms with Crippen molar-refractivity contribution in [1.82, 2.24) is 0 Å². The van der Waals surface area contributed by atoms with E-state index in [-0.39, 0.29) is 5.76 Å². The number of ether oxygens (including phenoxy) is 2. The molecule has 0 aromatic rings. The molecule has 0 aliphatic heterocycles. The Labute approximate surface area is 98.4 Å². The summed E-state index contributed by atoms with van der Waals surface area (Å²) in [6, 6.07) is 0. The lowest BCUT2D eigenvalue weighted by molar-refractivity contribution is -0.114. The highest BCUT2D eigenvalue weighted by molar-refractivity contribution is 6.03. The van der Waals surface area contributed by atoms with Crippen molar-refractivity contribution in [2.75, 3.05) is 0 Å². The molecule has 0 unspecified atom stereocenters. The third-order valence-electron chi connectivity index (χ3n) is 1.55. The molecule has 0 aromatic heterocycles. The molecular formula is C12H12FO4+. The van der Waals surface area contributed by atoms with Gasteiger partial charge in [0.2, 0.25) is 0 Å². The average Bonchev–Trinajstić information content (AvgIpc) is 2.30. The fourth-order valence-corrected chi connectivity index (χ4v) is 0.930. The van der Waals surface area contributed by atoms with Gasteiger partial charge in [-0.15, -0.1) is 0 Å². The summed E-state index contributed by atoms with van der Waals surface area (Å²) in [7, 11) is 0. The fourth-order valence-electron chi connectivity index (χ4n) is 0.930. The van der Waals surface area contributed by atoms with Gasteiger partial charge in [-0.2, -0.15) is 4.39 Å². The van der Waals surface area contributed by atoms with Crippen molar-refractivity contribution in [3.8, 4) is 0 Å². The Morgan fingerprint density at radius 3 is 2.59 bits per heavy atom. The molecule has 0 saturated heterocycles. The first-order valence-corrected chi connectivity index (χ1v) is 4.90. The molecule has 0 spiro atoms. The first-order valence-electron chi connectivity index (χ1n) is 4.90. The number of allylic oxidation sites excluding steroid dienone is 5. The van der Waals surface area contributed by atoms with Crippen molar-refractivity contribution >= 4 is 11.9 Å². The summed E-state index contributed by atoms with van der Waals surface area (Å²) in [5.74, 6) is -1.68. The Kier molecular flexibility index (Phi) is 3.76. The minimum atomic E-state index is -1.01. The van der Waals surface area contributed by atoms with Gasteiger partial charge in [-0.25, -0.2) is 9.59 Å². The first kappa shape index (κ1) is 13.1. The second-order valence-electron chi connectivity index (χ2n) is 4.26. The van der Waals surface area contributed by atoms with Gasteiger partial charge in [0.1, 0.15) is 5.60 Å². The van der Waals surface area contributed by atoms with E-state index in [1.165, 1.54) is 0 Å². The fraction of sp³-hybridized carbons (Fsp3) is 0.333. The van der Waals surface area contributed by atoms with Crippen LogP contribution in [-0.4, -0.2) is 17.5 Å². The van der Waals surface area contributed by atoms with Crippen molar-refractivity contribution < 1.29 is 23.5 Å². The second kappa shape index (κ2) is 4.89. The van der Waals surface area contributed by atoms with Gasteiger partial charge in [-0.1, -0.05) is 0 Å². The normalized spacial score (nSPS) is 15.4. The van der Waals surface area contributed by atoms with Crippen LogP contribution in [-0.2, 0) is 14.3 Å². The average molecular weight is 239 g/mol. The van der Waals surface area contributed by atoms with Crippen molar-refractivity contribution in [2.45, 2.75) is 26.4 Å². The minimum absolute atomic E-state index is 0.306. The van der Waals surface area contributed by atoms with E-state index in [1.54, 1.807) is 20.8 Å². The van der Waals surface area contributed by atoms with Crippen LogP contribution in [0.5, 0.6) is 0 Å². The Hall–Kier alpha value is -2.00. The molecule has 5 heteroatoms. The second-order valence-corrected chi connectivity index (χ2v) is 4.26. The summed E-state index contributed by atoms with van der Waals surface area (Å²) in [6.45, 7) is 4.97. The molecule has 0 bridgehead atoms. The molecule has 0 N–H and O–H groups in total. The summed E-state index contributed by atoms with van der Waals surface area (Å²) in [5, 5.41) is 0. The lowest BCUT2D eigenvalue weighted by Gasteiger charge is -2.18. The van der Waals surface area contributed by atoms with Crippen LogP contribution in [0.25, 0.3) is 0 Å². The zero-order chi connectivity index (χ0) is 13.1. The maximum atomic E-state index is 12.7. The summed E-state index contributed by atoms with van der Waals surface area (Å²) in [6.07, 6.45) is 3.95. The predicted molar refractivity (Wildman–Crippen MR) is 57.4 cm³/mol. The number of hydrogen-bond acceptors (Lipinski definition) is 4. The van der Waals surface area contributed by atoms with Crippen LogP contribution in [0.3, 0.4) is 0 Å². The summed E-state index contributed by atoms with van der Waals surface area (Å²) in [5.41, 5.74) is -0.728. The summed E-state index contributed by atoms with van der Waals surface area (Å²) in [4.78, 5) is 22.6. The van der Waals surface area contributed by atoms with Crippen LogP contribution >= 0.6 is 0 Å². The van der Waals surface area contributed by atoms with Gasteiger partial charge >= 0.3 is 11.9 Å². The first-order chi connectivity index (χ1) is 7.78.